The minimum Gasteiger partial charge on any atom is -0.392 e. The van der Waals surface area contributed by atoms with E-state index < -0.39 is 16.7 Å². The lowest BCUT2D eigenvalue weighted by Gasteiger charge is -2.11. The molecule has 2 atom stereocenters. The maximum Gasteiger partial charge on any atom is 0.347 e. The van der Waals surface area contributed by atoms with Gasteiger partial charge in [0.25, 0.3) is 5.69 Å². The second kappa shape index (κ2) is 5.11. The molecule has 1 saturated heterocycles. The molecule has 2 aromatic rings. The number of aliphatic hydroxyl groups excluding tert-OH is 1. The minimum atomic E-state index is -0.502. The third-order valence-corrected chi connectivity index (χ3v) is 3.44. The number of H-pyrrole nitrogens is 1. The van der Waals surface area contributed by atoms with Crippen molar-refractivity contribution in [3.8, 4) is 5.69 Å². The zero-order valence-electron chi connectivity index (χ0n) is 10.9. The van der Waals surface area contributed by atoms with Gasteiger partial charge in [0.15, 0.2) is 5.82 Å². The zero-order valence-corrected chi connectivity index (χ0v) is 10.9. The number of aliphatic hydroxyl groups is 1. The molecule has 0 saturated carbocycles. The number of benzene rings is 1. The van der Waals surface area contributed by atoms with Gasteiger partial charge in [0, 0.05) is 18.7 Å². The first-order valence-electron chi connectivity index (χ1n) is 6.40. The topological polar surface area (TPSA) is 126 Å². The molecule has 1 aromatic carbocycles. The van der Waals surface area contributed by atoms with E-state index in [1.807, 2.05) is 0 Å². The van der Waals surface area contributed by atoms with Gasteiger partial charge in [-0.05, 0) is 18.6 Å². The van der Waals surface area contributed by atoms with E-state index in [1.165, 1.54) is 28.8 Å². The number of nitrogens with one attached hydrogen (secondary N) is 2. The Morgan fingerprint density at radius 3 is 2.67 bits per heavy atom. The van der Waals surface area contributed by atoms with Crippen LogP contribution in [-0.4, -0.2) is 37.4 Å². The highest BCUT2D eigenvalue weighted by Gasteiger charge is 2.28. The smallest absolute Gasteiger partial charge is 0.347 e. The van der Waals surface area contributed by atoms with Crippen molar-refractivity contribution in [2.75, 3.05) is 6.54 Å². The lowest BCUT2D eigenvalue weighted by atomic mass is 10.2. The molecule has 1 fully saturated rings. The molecule has 0 radical (unpaired) electrons. The van der Waals surface area contributed by atoms with Crippen LogP contribution < -0.4 is 11.0 Å². The number of aromatic amines is 1. The van der Waals surface area contributed by atoms with Gasteiger partial charge in [-0.2, -0.15) is 5.10 Å². The summed E-state index contributed by atoms with van der Waals surface area (Å²) in [7, 11) is 0. The third kappa shape index (κ3) is 2.43. The molecule has 110 valence electrons. The van der Waals surface area contributed by atoms with Crippen LogP contribution >= 0.6 is 0 Å². The Balaban J connectivity index is 2.00. The maximum absolute atomic E-state index is 11.9. The van der Waals surface area contributed by atoms with E-state index in [4.69, 9.17) is 0 Å². The molecule has 0 bridgehead atoms. The number of β-amino-alcohol motifs (C(OH)–C–C–N with tert-alkyl or cyclic N) is 1. The normalized spacial score (nSPS) is 21.6. The van der Waals surface area contributed by atoms with Crippen molar-refractivity contribution < 1.29 is 10.0 Å². The molecule has 21 heavy (non-hydrogen) atoms. The van der Waals surface area contributed by atoms with E-state index in [0.29, 0.717) is 24.5 Å². The molecule has 0 unspecified atom stereocenters. The third-order valence-electron chi connectivity index (χ3n) is 3.44. The number of nitrogens with zero attached hydrogens (tertiary/aromatic N) is 3. The van der Waals surface area contributed by atoms with Crippen LogP contribution in [0.15, 0.2) is 29.1 Å². The summed E-state index contributed by atoms with van der Waals surface area (Å²) < 4.78 is 1.35. The molecular weight excluding hydrogens is 278 g/mol. The molecule has 9 heteroatoms. The molecule has 9 nitrogen and oxygen atoms in total. The number of non-ortho nitro benzene ring substituents is 1. The van der Waals surface area contributed by atoms with Crippen LogP contribution in [0.1, 0.15) is 18.3 Å². The SMILES string of the molecule is O=c1[nH]nc([C@@H]2C[C@@H](O)CN2)n1-c1ccc([N+](=O)[O-])cc1. The first-order chi connectivity index (χ1) is 10.1. The van der Waals surface area contributed by atoms with E-state index in [2.05, 4.69) is 15.5 Å². The molecule has 2 heterocycles. The summed E-state index contributed by atoms with van der Waals surface area (Å²) in [5, 5.41) is 29.6. The quantitative estimate of drug-likeness (QED) is 0.534. The Morgan fingerprint density at radius 2 is 2.10 bits per heavy atom. The predicted molar refractivity (Wildman–Crippen MR) is 72.2 cm³/mol. The minimum absolute atomic E-state index is 0.0498. The summed E-state index contributed by atoms with van der Waals surface area (Å²) in [6, 6.07) is 5.40. The highest BCUT2D eigenvalue weighted by Crippen LogP contribution is 2.23. The number of hydrogen-bond acceptors (Lipinski definition) is 6. The molecule has 0 aliphatic carbocycles. The first kappa shape index (κ1) is 13.5. The first-order valence-corrected chi connectivity index (χ1v) is 6.40. The van der Waals surface area contributed by atoms with E-state index in [-0.39, 0.29) is 11.7 Å². The van der Waals surface area contributed by atoms with E-state index >= 15 is 0 Å². The van der Waals surface area contributed by atoms with E-state index in [0.717, 1.165) is 0 Å². The Bertz CT molecular complexity index is 720. The Labute approximate surface area is 118 Å². The number of hydrogen-bond donors (Lipinski definition) is 3. The molecule has 1 aliphatic heterocycles. The average Bonchev–Trinajstić information content (AvgIpc) is 3.05. The van der Waals surface area contributed by atoms with Gasteiger partial charge < -0.3 is 10.4 Å². The zero-order chi connectivity index (χ0) is 15.0. The summed E-state index contributed by atoms with van der Waals surface area (Å²) in [6.07, 6.45) is -0.0239. The Morgan fingerprint density at radius 1 is 1.38 bits per heavy atom. The summed E-state index contributed by atoms with van der Waals surface area (Å²) in [5.41, 5.74) is 0.00541. The fraction of sp³-hybridized carbons (Fsp3) is 0.333. The summed E-state index contributed by atoms with van der Waals surface area (Å²) in [6.45, 7) is 0.436. The van der Waals surface area contributed by atoms with Crippen molar-refractivity contribution in [3.63, 3.8) is 0 Å². The Hall–Kier alpha value is -2.52. The molecule has 3 N–H and O–H groups in total. The van der Waals surface area contributed by atoms with Crippen LogP contribution in [0.4, 0.5) is 5.69 Å². The van der Waals surface area contributed by atoms with E-state index in [9.17, 15) is 20.0 Å². The fourth-order valence-corrected chi connectivity index (χ4v) is 2.43. The van der Waals surface area contributed by atoms with Crippen molar-refractivity contribution in [1.29, 1.82) is 0 Å². The van der Waals surface area contributed by atoms with Gasteiger partial charge in [-0.15, -0.1) is 0 Å². The maximum atomic E-state index is 11.9. The number of rotatable bonds is 3. The van der Waals surface area contributed by atoms with Crippen LogP contribution in [0.2, 0.25) is 0 Å². The van der Waals surface area contributed by atoms with Crippen molar-refractivity contribution >= 4 is 5.69 Å². The highest BCUT2D eigenvalue weighted by molar-refractivity contribution is 5.41. The molecule has 3 rings (SSSR count). The second-order valence-electron chi connectivity index (χ2n) is 4.85. The fourth-order valence-electron chi connectivity index (χ4n) is 2.43. The van der Waals surface area contributed by atoms with Gasteiger partial charge in [-0.25, -0.2) is 14.5 Å². The number of nitro groups is 1. The van der Waals surface area contributed by atoms with Crippen molar-refractivity contribution in [1.82, 2.24) is 20.1 Å². The lowest BCUT2D eigenvalue weighted by molar-refractivity contribution is -0.384. The number of nitro benzene ring substituents is 1. The monoisotopic (exact) mass is 291 g/mol. The van der Waals surface area contributed by atoms with Crippen molar-refractivity contribution in [2.45, 2.75) is 18.6 Å². The molecule has 1 aliphatic rings. The van der Waals surface area contributed by atoms with Gasteiger partial charge in [-0.1, -0.05) is 0 Å². The molecule has 0 amide bonds. The van der Waals surface area contributed by atoms with E-state index in [1.54, 1.807) is 0 Å². The summed E-state index contributed by atoms with van der Waals surface area (Å²) in [4.78, 5) is 22.1. The van der Waals surface area contributed by atoms with Crippen molar-refractivity contribution in [3.05, 3.63) is 50.7 Å². The predicted octanol–water partition coefficient (Wildman–Crippen LogP) is -0.136. The van der Waals surface area contributed by atoms with Gasteiger partial charge >= 0.3 is 5.69 Å². The van der Waals surface area contributed by atoms with Crippen LogP contribution in [0, 0.1) is 10.1 Å². The van der Waals surface area contributed by atoms with Crippen LogP contribution in [0.3, 0.4) is 0 Å². The van der Waals surface area contributed by atoms with Crippen LogP contribution in [0.5, 0.6) is 0 Å². The highest BCUT2D eigenvalue weighted by atomic mass is 16.6. The van der Waals surface area contributed by atoms with Crippen LogP contribution in [0.25, 0.3) is 5.69 Å². The lowest BCUT2D eigenvalue weighted by Crippen LogP contribution is -2.22. The summed E-state index contributed by atoms with van der Waals surface area (Å²) >= 11 is 0. The van der Waals surface area contributed by atoms with Gasteiger partial charge in [0.05, 0.1) is 22.8 Å². The Kier molecular flexibility index (Phi) is 3.28. The molecule has 0 spiro atoms. The molecule has 1 aromatic heterocycles. The largest absolute Gasteiger partial charge is 0.392 e. The summed E-state index contributed by atoms with van der Waals surface area (Å²) in [5.74, 6) is 0.449. The van der Waals surface area contributed by atoms with Gasteiger partial charge in [0.2, 0.25) is 0 Å². The second-order valence-corrected chi connectivity index (χ2v) is 4.85. The van der Waals surface area contributed by atoms with Crippen molar-refractivity contribution in [2.24, 2.45) is 0 Å². The molecular formula is C12H13N5O4. The average molecular weight is 291 g/mol. The standard InChI is InChI=1S/C12H13N5O4/c18-9-5-10(13-6-9)11-14-15-12(19)16(11)7-1-3-8(4-2-7)17(20)21/h1-4,9-10,13,18H,5-6H2,(H,15,19)/t9-,10+/m1/s1. The van der Waals surface area contributed by atoms with Crippen LogP contribution in [-0.2, 0) is 0 Å². The van der Waals surface area contributed by atoms with Gasteiger partial charge in [-0.3, -0.25) is 10.1 Å². The van der Waals surface area contributed by atoms with Gasteiger partial charge in [0.1, 0.15) is 0 Å². The number of aromatic nitrogens is 3.